The second-order valence-corrected chi connectivity index (χ2v) is 7.05. The Morgan fingerprint density at radius 3 is 2.39 bits per heavy atom. The van der Waals surface area contributed by atoms with Crippen LogP contribution in [0.15, 0.2) is 54.6 Å². The predicted octanol–water partition coefficient (Wildman–Crippen LogP) is 2.63. The summed E-state index contributed by atoms with van der Waals surface area (Å²) in [6.07, 6.45) is 2.51. The molecular formula is C21H26N2O4S. The van der Waals surface area contributed by atoms with Gasteiger partial charge in [-0.05, 0) is 48.3 Å². The minimum absolute atomic E-state index is 0.133. The molecule has 0 aliphatic rings. The Balaban J connectivity index is 1.85. The quantitative estimate of drug-likeness (QED) is 0.604. The first-order chi connectivity index (χ1) is 13.6. The van der Waals surface area contributed by atoms with Gasteiger partial charge < -0.3 is 20.1 Å². The molecule has 0 aliphatic heterocycles. The highest BCUT2D eigenvalue weighted by Gasteiger charge is 2.20. The van der Waals surface area contributed by atoms with Gasteiger partial charge in [-0.25, -0.2) is 0 Å². The number of benzene rings is 2. The number of methoxy groups -OCH3 is 1. The van der Waals surface area contributed by atoms with Gasteiger partial charge in [0.25, 0.3) is 5.91 Å². The lowest BCUT2D eigenvalue weighted by Gasteiger charge is -2.18. The zero-order valence-corrected chi connectivity index (χ0v) is 17.0. The molecule has 0 bridgehead atoms. The van der Waals surface area contributed by atoms with Crippen molar-refractivity contribution < 1.29 is 19.1 Å². The molecule has 7 heteroatoms. The van der Waals surface area contributed by atoms with Crippen LogP contribution in [0.5, 0.6) is 11.5 Å². The van der Waals surface area contributed by atoms with Crippen LogP contribution in [0.25, 0.3) is 0 Å². The number of hydrogen-bond acceptors (Lipinski definition) is 5. The topological polar surface area (TPSA) is 76.7 Å². The Bertz CT molecular complexity index is 738. The van der Waals surface area contributed by atoms with Crippen molar-refractivity contribution >= 4 is 23.6 Å². The maximum Gasteiger partial charge on any atom is 0.258 e. The second-order valence-electron chi connectivity index (χ2n) is 6.07. The fourth-order valence-corrected chi connectivity index (χ4v) is 2.93. The number of para-hydroxylation sites is 1. The SMILES string of the molecule is COc1ccc(CNC(=O)[C@@H](CCSC)NC(=O)COc2ccccc2)cc1. The first kappa shape index (κ1) is 21.6. The van der Waals surface area contributed by atoms with Crippen molar-refractivity contribution in [1.29, 1.82) is 0 Å². The van der Waals surface area contributed by atoms with Crippen LogP contribution in [0.1, 0.15) is 12.0 Å². The third kappa shape index (κ3) is 7.52. The van der Waals surface area contributed by atoms with Crippen molar-refractivity contribution in [3.63, 3.8) is 0 Å². The highest BCUT2D eigenvalue weighted by Crippen LogP contribution is 2.11. The lowest BCUT2D eigenvalue weighted by atomic mass is 10.2. The first-order valence-corrected chi connectivity index (χ1v) is 10.4. The lowest BCUT2D eigenvalue weighted by molar-refractivity contribution is -0.130. The Kier molecular flexibility index (Phi) is 9.21. The van der Waals surface area contributed by atoms with E-state index in [0.717, 1.165) is 17.1 Å². The van der Waals surface area contributed by atoms with E-state index in [0.29, 0.717) is 18.7 Å². The number of nitrogens with one attached hydrogen (secondary N) is 2. The van der Waals surface area contributed by atoms with Crippen LogP contribution in [-0.2, 0) is 16.1 Å². The molecule has 2 aromatic rings. The van der Waals surface area contributed by atoms with Crippen molar-refractivity contribution in [3.05, 3.63) is 60.2 Å². The molecule has 2 rings (SSSR count). The van der Waals surface area contributed by atoms with Gasteiger partial charge in [-0.2, -0.15) is 11.8 Å². The number of amides is 2. The highest BCUT2D eigenvalue weighted by molar-refractivity contribution is 7.98. The van der Waals surface area contributed by atoms with Crippen molar-refractivity contribution in [3.8, 4) is 11.5 Å². The van der Waals surface area contributed by atoms with Crippen LogP contribution in [0.3, 0.4) is 0 Å². The molecular weight excluding hydrogens is 376 g/mol. The van der Waals surface area contributed by atoms with E-state index in [1.165, 1.54) is 0 Å². The summed E-state index contributed by atoms with van der Waals surface area (Å²) in [5.74, 6) is 1.61. The average Bonchev–Trinajstić information content (AvgIpc) is 2.74. The maximum atomic E-state index is 12.6. The van der Waals surface area contributed by atoms with Gasteiger partial charge in [0.05, 0.1) is 7.11 Å². The second kappa shape index (κ2) is 11.9. The molecule has 0 aliphatic carbocycles. The monoisotopic (exact) mass is 402 g/mol. The molecule has 6 nitrogen and oxygen atoms in total. The molecule has 2 N–H and O–H groups in total. The molecule has 0 saturated carbocycles. The van der Waals surface area contributed by atoms with Gasteiger partial charge in [0.1, 0.15) is 17.5 Å². The number of ether oxygens (including phenoxy) is 2. The van der Waals surface area contributed by atoms with Crippen LogP contribution in [0, 0.1) is 0 Å². The molecule has 0 heterocycles. The normalized spacial score (nSPS) is 11.4. The standard InChI is InChI=1S/C21H26N2O4S/c1-26-17-10-8-16(9-11-17)14-22-21(25)19(12-13-28-2)23-20(24)15-27-18-6-4-3-5-7-18/h3-11,19H,12-15H2,1-2H3,(H,22,25)(H,23,24)/t19-/m1/s1. The van der Waals surface area contributed by atoms with E-state index in [9.17, 15) is 9.59 Å². The summed E-state index contributed by atoms with van der Waals surface area (Å²) in [6.45, 7) is 0.251. The van der Waals surface area contributed by atoms with E-state index in [-0.39, 0.29) is 18.4 Å². The van der Waals surface area contributed by atoms with Crippen molar-refractivity contribution in [2.24, 2.45) is 0 Å². The molecule has 0 spiro atoms. The van der Waals surface area contributed by atoms with Crippen LogP contribution in [0.4, 0.5) is 0 Å². The molecule has 1 atom stereocenters. The average molecular weight is 403 g/mol. The number of carbonyl (C=O) groups is 2. The summed E-state index contributed by atoms with van der Waals surface area (Å²) < 4.78 is 10.6. The number of thioether (sulfide) groups is 1. The summed E-state index contributed by atoms with van der Waals surface area (Å²) in [5, 5.41) is 5.65. The van der Waals surface area contributed by atoms with E-state index in [4.69, 9.17) is 9.47 Å². The van der Waals surface area contributed by atoms with Crippen LogP contribution in [-0.4, -0.2) is 43.6 Å². The number of carbonyl (C=O) groups excluding carboxylic acids is 2. The van der Waals surface area contributed by atoms with E-state index >= 15 is 0 Å². The first-order valence-electron chi connectivity index (χ1n) is 8.99. The van der Waals surface area contributed by atoms with Gasteiger partial charge in [-0.15, -0.1) is 0 Å². The van der Waals surface area contributed by atoms with Gasteiger partial charge in [-0.3, -0.25) is 9.59 Å². The zero-order chi connectivity index (χ0) is 20.2. The third-order valence-corrected chi connectivity index (χ3v) is 4.65. The van der Waals surface area contributed by atoms with Crippen LogP contribution < -0.4 is 20.1 Å². The molecule has 0 aromatic heterocycles. The molecule has 0 saturated heterocycles. The molecule has 28 heavy (non-hydrogen) atoms. The minimum Gasteiger partial charge on any atom is -0.497 e. The Labute approximate surface area is 170 Å². The largest absolute Gasteiger partial charge is 0.497 e. The molecule has 2 aromatic carbocycles. The molecule has 0 unspecified atom stereocenters. The van der Waals surface area contributed by atoms with Crippen molar-refractivity contribution in [2.75, 3.05) is 25.7 Å². The zero-order valence-electron chi connectivity index (χ0n) is 16.1. The van der Waals surface area contributed by atoms with E-state index < -0.39 is 6.04 Å². The summed E-state index contributed by atoms with van der Waals surface area (Å²) in [4.78, 5) is 24.8. The van der Waals surface area contributed by atoms with Gasteiger partial charge in [0.2, 0.25) is 5.91 Å². The van der Waals surface area contributed by atoms with Crippen LogP contribution in [0.2, 0.25) is 0 Å². The van der Waals surface area contributed by atoms with Crippen LogP contribution >= 0.6 is 11.8 Å². The fraction of sp³-hybridized carbons (Fsp3) is 0.333. The summed E-state index contributed by atoms with van der Waals surface area (Å²) >= 11 is 1.63. The third-order valence-electron chi connectivity index (χ3n) is 4.00. The fourth-order valence-electron chi connectivity index (χ4n) is 2.46. The number of rotatable bonds is 11. The van der Waals surface area contributed by atoms with E-state index in [1.54, 1.807) is 31.0 Å². The van der Waals surface area contributed by atoms with Gasteiger partial charge in [-0.1, -0.05) is 30.3 Å². The molecule has 150 valence electrons. The number of hydrogen-bond donors (Lipinski definition) is 2. The van der Waals surface area contributed by atoms with E-state index in [2.05, 4.69) is 10.6 Å². The summed E-state index contributed by atoms with van der Waals surface area (Å²) in [5.41, 5.74) is 0.955. The van der Waals surface area contributed by atoms with Gasteiger partial charge in [0.15, 0.2) is 6.61 Å². The minimum atomic E-state index is -0.599. The molecule has 2 amide bonds. The summed E-state index contributed by atoms with van der Waals surface area (Å²) in [6, 6.07) is 16.0. The highest BCUT2D eigenvalue weighted by atomic mass is 32.2. The maximum absolute atomic E-state index is 12.6. The van der Waals surface area contributed by atoms with Gasteiger partial charge >= 0.3 is 0 Å². The Morgan fingerprint density at radius 2 is 1.75 bits per heavy atom. The molecule has 0 fully saturated rings. The predicted molar refractivity (Wildman–Crippen MR) is 112 cm³/mol. The van der Waals surface area contributed by atoms with E-state index in [1.807, 2.05) is 48.7 Å². The van der Waals surface area contributed by atoms with Crippen molar-refractivity contribution in [1.82, 2.24) is 10.6 Å². The Hall–Kier alpha value is -2.67. The lowest BCUT2D eigenvalue weighted by Crippen LogP contribution is -2.48. The Morgan fingerprint density at radius 1 is 1.04 bits per heavy atom. The van der Waals surface area contributed by atoms with Crippen molar-refractivity contribution in [2.45, 2.75) is 19.0 Å². The van der Waals surface area contributed by atoms with Gasteiger partial charge in [0, 0.05) is 6.54 Å². The summed E-state index contributed by atoms with van der Waals surface area (Å²) in [7, 11) is 1.61. The molecule has 0 radical (unpaired) electrons. The smallest absolute Gasteiger partial charge is 0.258 e.